The molecule has 3 rings (SSSR count). The molecule has 0 aliphatic rings. The first-order chi connectivity index (χ1) is 12.0. The number of carbonyl (C=O) groups excluding carboxylic acids is 1. The molecule has 0 atom stereocenters. The number of nitrogens with one attached hydrogen (secondary N) is 1. The molecule has 0 aliphatic carbocycles. The summed E-state index contributed by atoms with van der Waals surface area (Å²) in [5.41, 5.74) is 2.45. The van der Waals surface area contributed by atoms with Crippen molar-refractivity contribution in [3.8, 4) is 10.6 Å². The summed E-state index contributed by atoms with van der Waals surface area (Å²) in [6, 6.07) is 8.71. The molecule has 0 radical (unpaired) electrons. The van der Waals surface area contributed by atoms with Crippen LogP contribution in [0.3, 0.4) is 0 Å². The molecule has 2 heterocycles. The van der Waals surface area contributed by atoms with Gasteiger partial charge in [0, 0.05) is 40.8 Å². The number of aromatic nitrogens is 2. The van der Waals surface area contributed by atoms with Crippen LogP contribution < -0.4 is 5.32 Å². The predicted molar refractivity (Wildman–Crippen MR) is 103 cm³/mol. The van der Waals surface area contributed by atoms with Crippen LogP contribution in [0.15, 0.2) is 42.7 Å². The lowest BCUT2D eigenvalue weighted by Crippen LogP contribution is -2.25. The lowest BCUT2D eigenvalue weighted by molar-refractivity contribution is 0.0954. The molecule has 1 amide bonds. The Kier molecular flexibility index (Phi) is 5.68. The van der Waals surface area contributed by atoms with E-state index in [9.17, 15) is 4.79 Å². The SMILES string of the molecule is Cc1nc(-c2ccncc2)sc1CCNC(=O)c1ccc(Cl)cc1Cl. The van der Waals surface area contributed by atoms with E-state index in [2.05, 4.69) is 15.3 Å². The fourth-order valence-corrected chi connectivity index (χ4v) is 3.90. The molecule has 0 spiro atoms. The maximum Gasteiger partial charge on any atom is 0.252 e. The number of hydrogen-bond acceptors (Lipinski definition) is 4. The van der Waals surface area contributed by atoms with Crippen molar-refractivity contribution < 1.29 is 4.79 Å². The number of rotatable bonds is 5. The lowest BCUT2D eigenvalue weighted by Gasteiger charge is -2.06. The van der Waals surface area contributed by atoms with Crippen LogP contribution in [0, 0.1) is 6.92 Å². The van der Waals surface area contributed by atoms with Crippen LogP contribution >= 0.6 is 34.5 Å². The Hall–Kier alpha value is -1.95. The lowest BCUT2D eigenvalue weighted by atomic mass is 10.2. The number of nitrogens with zero attached hydrogens (tertiary/aromatic N) is 2. The monoisotopic (exact) mass is 391 g/mol. The number of pyridine rings is 1. The van der Waals surface area contributed by atoms with Gasteiger partial charge < -0.3 is 5.32 Å². The van der Waals surface area contributed by atoms with Crippen molar-refractivity contribution in [2.75, 3.05) is 6.54 Å². The first-order valence-corrected chi connectivity index (χ1v) is 9.22. The molecule has 25 heavy (non-hydrogen) atoms. The normalized spacial score (nSPS) is 10.7. The van der Waals surface area contributed by atoms with Crippen LogP contribution in [0.4, 0.5) is 0 Å². The van der Waals surface area contributed by atoms with E-state index in [0.29, 0.717) is 28.6 Å². The second kappa shape index (κ2) is 7.95. The fraction of sp³-hybridized carbons (Fsp3) is 0.167. The third-order valence-corrected chi connectivity index (χ3v) is 5.45. The van der Waals surface area contributed by atoms with Crippen molar-refractivity contribution in [2.45, 2.75) is 13.3 Å². The number of amides is 1. The highest BCUT2D eigenvalue weighted by atomic mass is 35.5. The molecule has 4 nitrogen and oxygen atoms in total. The molecular weight excluding hydrogens is 377 g/mol. The average Bonchev–Trinajstić information content (AvgIpc) is 2.96. The van der Waals surface area contributed by atoms with Crippen LogP contribution in [0.5, 0.6) is 0 Å². The van der Waals surface area contributed by atoms with Crippen molar-refractivity contribution in [1.29, 1.82) is 0 Å². The number of halogens is 2. The van der Waals surface area contributed by atoms with Crippen LogP contribution in [0.1, 0.15) is 20.9 Å². The van der Waals surface area contributed by atoms with Gasteiger partial charge in [-0.25, -0.2) is 4.98 Å². The van der Waals surface area contributed by atoms with Crippen molar-refractivity contribution in [3.63, 3.8) is 0 Å². The summed E-state index contributed by atoms with van der Waals surface area (Å²) in [5.74, 6) is -0.210. The molecule has 2 aromatic heterocycles. The summed E-state index contributed by atoms with van der Waals surface area (Å²) in [7, 11) is 0. The van der Waals surface area contributed by atoms with Crippen molar-refractivity contribution >= 4 is 40.4 Å². The van der Waals surface area contributed by atoms with Crippen molar-refractivity contribution in [1.82, 2.24) is 15.3 Å². The molecular formula is C18H15Cl2N3OS. The molecule has 1 N–H and O–H groups in total. The number of aryl methyl sites for hydroxylation is 1. The first-order valence-electron chi connectivity index (χ1n) is 7.64. The molecule has 0 saturated heterocycles. The minimum absolute atomic E-state index is 0.210. The second-order valence-corrected chi connectivity index (χ2v) is 7.32. The van der Waals surface area contributed by atoms with Gasteiger partial charge in [0.05, 0.1) is 16.3 Å². The summed E-state index contributed by atoms with van der Waals surface area (Å²) >= 11 is 13.5. The quantitative estimate of drug-likeness (QED) is 0.679. The Labute approximate surface area is 159 Å². The van der Waals surface area contributed by atoms with Crippen LogP contribution in [-0.2, 0) is 6.42 Å². The predicted octanol–water partition coefficient (Wildman–Crippen LogP) is 4.79. The number of benzene rings is 1. The van der Waals surface area contributed by atoms with Gasteiger partial charge in [0.2, 0.25) is 0 Å². The van der Waals surface area contributed by atoms with Gasteiger partial charge in [-0.1, -0.05) is 23.2 Å². The van der Waals surface area contributed by atoms with E-state index in [1.807, 2.05) is 19.1 Å². The van der Waals surface area contributed by atoms with E-state index in [0.717, 1.165) is 21.1 Å². The molecule has 0 saturated carbocycles. The molecule has 0 bridgehead atoms. The Morgan fingerprint density at radius 1 is 1.20 bits per heavy atom. The van der Waals surface area contributed by atoms with Crippen molar-refractivity contribution in [3.05, 3.63) is 68.9 Å². The smallest absolute Gasteiger partial charge is 0.252 e. The van der Waals surface area contributed by atoms with Crippen LogP contribution in [-0.4, -0.2) is 22.4 Å². The largest absolute Gasteiger partial charge is 0.352 e. The molecule has 0 aliphatic heterocycles. The zero-order chi connectivity index (χ0) is 17.8. The number of hydrogen-bond donors (Lipinski definition) is 1. The minimum atomic E-state index is -0.210. The summed E-state index contributed by atoms with van der Waals surface area (Å²) < 4.78 is 0. The molecule has 3 aromatic rings. The van der Waals surface area contributed by atoms with Gasteiger partial charge in [-0.05, 0) is 37.3 Å². The maximum atomic E-state index is 12.2. The van der Waals surface area contributed by atoms with Gasteiger partial charge in [0.15, 0.2) is 0 Å². The highest BCUT2D eigenvalue weighted by Crippen LogP contribution is 2.27. The standard InChI is InChI=1S/C18H15Cl2N3OS/c1-11-16(25-18(23-11)12-4-7-21-8-5-12)6-9-22-17(24)14-3-2-13(19)10-15(14)20/h2-5,7-8,10H,6,9H2,1H3,(H,22,24). The fourth-order valence-electron chi connectivity index (χ4n) is 2.34. The second-order valence-electron chi connectivity index (χ2n) is 5.39. The van der Waals surface area contributed by atoms with Gasteiger partial charge in [-0.3, -0.25) is 9.78 Å². The summed E-state index contributed by atoms with van der Waals surface area (Å²) in [6.45, 7) is 2.49. The van der Waals surface area contributed by atoms with Crippen molar-refractivity contribution in [2.24, 2.45) is 0 Å². The Morgan fingerprint density at radius 3 is 2.68 bits per heavy atom. The number of thiazole rings is 1. The van der Waals surface area contributed by atoms with Gasteiger partial charge in [0.1, 0.15) is 5.01 Å². The Bertz CT molecular complexity index is 897. The zero-order valence-corrected chi connectivity index (χ0v) is 15.8. The Balaban J connectivity index is 1.62. The maximum absolute atomic E-state index is 12.2. The highest BCUT2D eigenvalue weighted by molar-refractivity contribution is 7.15. The van der Waals surface area contributed by atoms with E-state index in [1.54, 1.807) is 41.9 Å². The van der Waals surface area contributed by atoms with E-state index in [-0.39, 0.29) is 5.91 Å². The van der Waals surface area contributed by atoms with Gasteiger partial charge in [0.25, 0.3) is 5.91 Å². The molecule has 0 unspecified atom stereocenters. The summed E-state index contributed by atoms with van der Waals surface area (Å²) in [5, 5.41) is 4.70. The van der Waals surface area contributed by atoms with Crippen LogP contribution in [0.2, 0.25) is 10.0 Å². The van der Waals surface area contributed by atoms with E-state index in [1.165, 1.54) is 0 Å². The van der Waals surface area contributed by atoms with Gasteiger partial charge >= 0.3 is 0 Å². The Morgan fingerprint density at radius 2 is 1.96 bits per heavy atom. The highest BCUT2D eigenvalue weighted by Gasteiger charge is 2.12. The third-order valence-electron chi connectivity index (χ3n) is 3.63. The molecule has 128 valence electrons. The minimum Gasteiger partial charge on any atom is -0.352 e. The van der Waals surface area contributed by atoms with E-state index in [4.69, 9.17) is 23.2 Å². The topological polar surface area (TPSA) is 54.9 Å². The van der Waals surface area contributed by atoms with Gasteiger partial charge in [-0.2, -0.15) is 0 Å². The summed E-state index contributed by atoms with van der Waals surface area (Å²) in [6.07, 6.45) is 4.22. The first kappa shape index (κ1) is 17.9. The zero-order valence-electron chi connectivity index (χ0n) is 13.4. The third kappa shape index (κ3) is 4.37. The molecule has 0 fully saturated rings. The van der Waals surface area contributed by atoms with Crippen LogP contribution in [0.25, 0.3) is 10.6 Å². The van der Waals surface area contributed by atoms with E-state index >= 15 is 0 Å². The van der Waals surface area contributed by atoms with Gasteiger partial charge in [-0.15, -0.1) is 11.3 Å². The average molecular weight is 392 g/mol. The molecule has 7 heteroatoms. The van der Waals surface area contributed by atoms with E-state index < -0.39 is 0 Å². The molecule has 1 aromatic carbocycles. The summed E-state index contributed by atoms with van der Waals surface area (Å²) in [4.78, 5) is 22.0. The number of carbonyl (C=O) groups is 1.